The van der Waals surface area contributed by atoms with Gasteiger partial charge in [0.25, 0.3) is 0 Å². The second-order valence-electron chi connectivity index (χ2n) is 2.57. The predicted molar refractivity (Wildman–Crippen MR) is 53.4 cm³/mol. The maximum absolute atomic E-state index is 7.21. The molecule has 1 aromatic carbocycles. The first kappa shape index (κ1) is 9.45. The van der Waals surface area contributed by atoms with Crippen molar-refractivity contribution in [2.75, 3.05) is 7.11 Å². The Morgan fingerprint density at radius 3 is 2.38 bits per heavy atom. The number of methoxy groups -OCH3 is 1. The minimum atomic E-state index is 0.237. The molecule has 3 nitrogen and oxygen atoms in total. The minimum absolute atomic E-state index is 0.237. The Hall–Kier alpha value is -1.64. The Labute approximate surface area is 77.6 Å². The van der Waals surface area contributed by atoms with E-state index in [2.05, 4.69) is 4.99 Å². The monoisotopic (exact) mass is 176 g/mol. The molecule has 0 aliphatic carbocycles. The highest BCUT2D eigenvalue weighted by molar-refractivity contribution is 6.01. The number of nitrogens with one attached hydrogen (secondary N) is 1. The summed E-state index contributed by atoms with van der Waals surface area (Å²) in [7, 11) is 1.55. The molecule has 0 unspecified atom stereocenters. The molecule has 1 rings (SSSR count). The first-order chi connectivity index (χ1) is 6.24. The molecule has 0 amide bonds. The molecule has 0 aliphatic rings. The molecule has 0 saturated carbocycles. The van der Waals surface area contributed by atoms with Crippen molar-refractivity contribution in [2.45, 2.75) is 6.92 Å². The van der Waals surface area contributed by atoms with E-state index in [1.807, 2.05) is 30.3 Å². The molecule has 68 valence electrons. The lowest BCUT2D eigenvalue weighted by atomic mass is 10.2. The third-order valence-corrected chi connectivity index (χ3v) is 1.48. The number of hydrogen-bond donors (Lipinski definition) is 1. The van der Waals surface area contributed by atoms with Gasteiger partial charge in [-0.25, -0.2) is 0 Å². The number of amidine groups is 1. The van der Waals surface area contributed by atoms with E-state index < -0.39 is 0 Å². The lowest BCUT2D eigenvalue weighted by Crippen LogP contribution is -2.05. The fourth-order valence-corrected chi connectivity index (χ4v) is 0.961. The second-order valence-corrected chi connectivity index (χ2v) is 2.57. The summed E-state index contributed by atoms with van der Waals surface area (Å²) in [5, 5.41) is 7.21. The van der Waals surface area contributed by atoms with Crippen LogP contribution in [0.25, 0.3) is 0 Å². The van der Waals surface area contributed by atoms with Crippen molar-refractivity contribution < 1.29 is 4.74 Å². The van der Waals surface area contributed by atoms with Gasteiger partial charge in [0, 0.05) is 5.56 Å². The maximum atomic E-state index is 7.21. The Bertz CT molecular complexity index is 317. The van der Waals surface area contributed by atoms with Gasteiger partial charge in [-0.15, -0.1) is 0 Å². The first-order valence-corrected chi connectivity index (χ1v) is 3.97. The van der Waals surface area contributed by atoms with Crippen LogP contribution in [0.3, 0.4) is 0 Å². The molecule has 0 fully saturated rings. The molecule has 13 heavy (non-hydrogen) atoms. The molecular weight excluding hydrogens is 164 g/mol. The molecule has 1 N–H and O–H groups in total. The van der Waals surface area contributed by atoms with Gasteiger partial charge in [-0.05, 0) is 19.1 Å². The van der Waals surface area contributed by atoms with Gasteiger partial charge in [0.15, 0.2) is 0 Å². The molecule has 0 radical (unpaired) electrons. The number of ether oxygens (including phenoxy) is 1. The number of hydrogen-bond acceptors (Lipinski definition) is 2. The van der Waals surface area contributed by atoms with Crippen LogP contribution in [-0.2, 0) is 4.74 Å². The molecule has 1 aromatic rings. The fraction of sp³-hybridized carbons (Fsp3) is 0.200. The van der Waals surface area contributed by atoms with Crippen LogP contribution in [0.4, 0.5) is 0 Å². The van der Waals surface area contributed by atoms with Crippen molar-refractivity contribution in [1.82, 2.24) is 0 Å². The van der Waals surface area contributed by atoms with Gasteiger partial charge in [0.2, 0.25) is 5.90 Å². The van der Waals surface area contributed by atoms with E-state index in [9.17, 15) is 0 Å². The predicted octanol–water partition coefficient (Wildman–Crippen LogP) is 2.08. The first-order valence-electron chi connectivity index (χ1n) is 3.97. The number of nitrogens with zero attached hydrogens (tertiary/aromatic N) is 1. The Morgan fingerprint density at radius 2 is 1.92 bits per heavy atom. The van der Waals surface area contributed by atoms with Crippen LogP contribution in [0, 0.1) is 5.41 Å². The van der Waals surface area contributed by atoms with Gasteiger partial charge in [0.05, 0.1) is 7.11 Å². The molecule has 0 aromatic heterocycles. The summed E-state index contributed by atoms with van der Waals surface area (Å²) in [6, 6.07) is 9.52. The van der Waals surface area contributed by atoms with Crippen LogP contribution in [0.5, 0.6) is 0 Å². The van der Waals surface area contributed by atoms with Crippen molar-refractivity contribution >= 4 is 11.7 Å². The highest BCUT2D eigenvalue weighted by atomic mass is 16.5. The fourth-order valence-electron chi connectivity index (χ4n) is 0.961. The third-order valence-electron chi connectivity index (χ3n) is 1.48. The van der Waals surface area contributed by atoms with Crippen LogP contribution < -0.4 is 0 Å². The SMILES string of the molecule is CO/C(=N\C(C)=N)c1ccccc1. The molecule has 0 bridgehead atoms. The molecule has 0 atom stereocenters. The van der Waals surface area contributed by atoms with E-state index in [0.29, 0.717) is 5.90 Å². The average Bonchev–Trinajstić information content (AvgIpc) is 2.15. The number of rotatable bonds is 1. The Morgan fingerprint density at radius 1 is 1.31 bits per heavy atom. The van der Waals surface area contributed by atoms with Gasteiger partial charge in [-0.1, -0.05) is 18.2 Å². The van der Waals surface area contributed by atoms with Crippen LogP contribution in [-0.4, -0.2) is 18.8 Å². The van der Waals surface area contributed by atoms with Crippen molar-refractivity contribution in [1.29, 1.82) is 5.41 Å². The Balaban J connectivity index is 2.98. The minimum Gasteiger partial charge on any atom is -0.481 e. The van der Waals surface area contributed by atoms with Crippen molar-refractivity contribution in [3.8, 4) is 0 Å². The number of benzene rings is 1. The summed E-state index contributed by atoms with van der Waals surface area (Å²) in [6.45, 7) is 1.61. The smallest absolute Gasteiger partial charge is 0.222 e. The van der Waals surface area contributed by atoms with Crippen molar-refractivity contribution in [2.24, 2.45) is 4.99 Å². The van der Waals surface area contributed by atoms with E-state index in [4.69, 9.17) is 10.1 Å². The van der Waals surface area contributed by atoms with Crippen LogP contribution in [0.15, 0.2) is 35.3 Å². The summed E-state index contributed by atoms with van der Waals surface area (Å²) >= 11 is 0. The zero-order valence-corrected chi connectivity index (χ0v) is 7.74. The molecular formula is C10H12N2O. The molecule has 0 saturated heterocycles. The summed E-state index contributed by atoms with van der Waals surface area (Å²) in [4.78, 5) is 3.94. The van der Waals surface area contributed by atoms with Gasteiger partial charge in [0.1, 0.15) is 5.84 Å². The van der Waals surface area contributed by atoms with Gasteiger partial charge < -0.3 is 4.74 Å². The van der Waals surface area contributed by atoms with Gasteiger partial charge in [-0.3, -0.25) is 5.41 Å². The van der Waals surface area contributed by atoms with Crippen LogP contribution >= 0.6 is 0 Å². The quantitative estimate of drug-likeness (QED) is 0.516. The topological polar surface area (TPSA) is 45.4 Å². The summed E-state index contributed by atoms with van der Waals surface area (Å²) in [6.07, 6.45) is 0. The van der Waals surface area contributed by atoms with E-state index in [-0.39, 0.29) is 5.84 Å². The van der Waals surface area contributed by atoms with E-state index in [1.54, 1.807) is 14.0 Å². The van der Waals surface area contributed by atoms with Gasteiger partial charge in [-0.2, -0.15) is 4.99 Å². The van der Waals surface area contributed by atoms with Gasteiger partial charge >= 0.3 is 0 Å². The third kappa shape index (κ3) is 2.71. The van der Waals surface area contributed by atoms with Crippen molar-refractivity contribution in [3.63, 3.8) is 0 Å². The average molecular weight is 176 g/mol. The summed E-state index contributed by atoms with van der Waals surface area (Å²) < 4.78 is 5.06. The molecule has 0 aliphatic heterocycles. The lowest BCUT2D eigenvalue weighted by molar-refractivity contribution is 0.405. The normalized spacial score (nSPS) is 11.1. The molecule has 3 heteroatoms. The highest BCUT2D eigenvalue weighted by Gasteiger charge is 2.01. The van der Waals surface area contributed by atoms with E-state index in [0.717, 1.165) is 5.56 Å². The maximum Gasteiger partial charge on any atom is 0.222 e. The van der Waals surface area contributed by atoms with E-state index in [1.165, 1.54) is 0 Å². The van der Waals surface area contributed by atoms with Crippen LogP contribution in [0.1, 0.15) is 12.5 Å². The summed E-state index contributed by atoms with van der Waals surface area (Å²) in [5.74, 6) is 0.716. The zero-order valence-electron chi connectivity index (χ0n) is 7.74. The summed E-state index contributed by atoms with van der Waals surface area (Å²) in [5.41, 5.74) is 0.886. The Kier molecular flexibility index (Phi) is 3.20. The highest BCUT2D eigenvalue weighted by Crippen LogP contribution is 2.01. The van der Waals surface area contributed by atoms with E-state index >= 15 is 0 Å². The lowest BCUT2D eigenvalue weighted by Gasteiger charge is -2.03. The standard InChI is InChI=1S/C10H12N2O/c1-8(11)12-10(13-2)9-6-4-3-5-7-9/h3-7,11H,1-2H3/b11-8?,12-10-. The van der Waals surface area contributed by atoms with Crippen molar-refractivity contribution in [3.05, 3.63) is 35.9 Å². The van der Waals surface area contributed by atoms with Crippen LogP contribution in [0.2, 0.25) is 0 Å². The largest absolute Gasteiger partial charge is 0.481 e. The number of aliphatic imine (C=N–C) groups is 1. The second kappa shape index (κ2) is 4.40. The molecule has 0 heterocycles. The zero-order chi connectivity index (χ0) is 9.68. The molecule has 0 spiro atoms.